The molecule has 0 aliphatic carbocycles. The van der Waals surface area contributed by atoms with E-state index < -0.39 is 0 Å². The van der Waals surface area contributed by atoms with E-state index in [-0.39, 0.29) is 6.10 Å². The van der Waals surface area contributed by atoms with Gasteiger partial charge in [0.1, 0.15) is 5.75 Å². The molecule has 0 saturated carbocycles. The summed E-state index contributed by atoms with van der Waals surface area (Å²) in [5, 5.41) is 9.86. The fourth-order valence-corrected chi connectivity index (χ4v) is 1.43. The Morgan fingerprint density at radius 3 is 2.64 bits per heavy atom. The van der Waals surface area contributed by atoms with Crippen LogP contribution in [0.4, 0.5) is 0 Å². The van der Waals surface area contributed by atoms with Gasteiger partial charge in [-0.1, -0.05) is 26.0 Å². The molecule has 0 aliphatic heterocycles. The Hall–Kier alpha value is -1.02. The summed E-state index contributed by atoms with van der Waals surface area (Å²) < 4.78 is 5.10. The second-order valence-corrected chi connectivity index (χ2v) is 3.92. The van der Waals surface area contributed by atoms with Crippen molar-refractivity contribution in [2.24, 2.45) is 5.92 Å². The van der Waals surface area contributed by atoms with E-state index in [1.165, 1.54) is 0 Å². The molecular weight excluding hydrogens is 176 g/mol. The summed E-state index contributed by atoms with van der Waals surface area (Å²) in [6.45, 7) is 4.20. The molecule has 0 bridgehead atoms. The van der Waals surface area contributed by atoms with E-state index in [9.17, 15) is 5.11 Å². The fourth-order valence-electron chi connectivity index (χ4n) is 1.43. The maximum Gasteiger partial charge on any atom is 0.119 e. The minimum absolute atomic E-state index is 0.384. The fraction of sp³-hybridized carbons (Fsp3) is 0.500. The van der Waals surface area contributed by atoms with Gasteiger partial charge in [0.05, 0.1) is 13.2 Å². The van der Waals surface area contributed by atoms with E-state index in [1.807, 2.05) is 24.3 Å². The third-order valence-electron chi connectivity index (χ3n) is 2.17. The number of aliphatic hydroxyl groups is 1. The highest BCUT2D eigenvalue weighted by atomic mass is 16.5. The molecule has 1 aromatic carbocycles. The molecule has 0 amide bonds. The molecule has 0 fully saturated rings. The number of hydrogen-bond acceptors (Lipinski definition) is 2. The SMILES string of the molecule is COc1cccc([C@H](O)CC(C)C)c1. The molecule has 0 saturated heterocycles. The smallest absolute Gasteiger partial charge is 0.119 e. The van der Waals surface area contributed by atoms with E-state index in [1.54, 1.807) is 7.11 Å². The standard InChI is InChI=1S/C12H18O2/c1-9(2)7-12(13)10-5-4-6-11(8-10)14-3/h4-6,8-9,12-13H,7H2,1-3H3/t12-/m1/s1. The first kappa shape index (κ1) is 11.1. The molecular formula is C12H18O2. The van der Waals surface area contributed by atoms with Crippen LogP contribution < -0.4 is 4.74 Å². The second kappa shape index (κ2) is 5.01. The normalized spacial score (nSPS) is 12.9. The summed E-state index contributed by atoms with van der Waals surface area (Å²) in [4.78, 5) is 0. The van der Waals surface area contributed by atoms with Gasteiger partial charge >= 0.3 is 0 Å². The Morgan fingerprint density at radius 2 is 2.07 bits per heavy atom. The van der Waals surface area contributed by atoms with Gasteiger partial charge in [-0.25, -0.2) is 0 Å². The molecule has 2 heteroatoms. The Bertz CT molecular complexity index is 281. The van der Waals surface area contributed by atoms with Crippen LogP contribution in [0.3, 0.4) is 0 Å². The Kier molecular flexibility index (Phi) is 3.96. The van der Waals surface area contributed by atoms with Crippen molar-refractivity contribution in [3.8, 4) is 5.75 Å². The molecule has 14 heavy (non-hydrogen) atoms. The Labute approximate surface area is 85.5 Å². The van der Waals surface area contributed by atoms with Crippen LogP contribution in [0.2, 0.25) is 0 Å². The van der Waals surface area contributed by atoms with Crippen molar-refractivity contribution in [1.29, 1.82) is 0 Å². The molecule has 0 radical (unpaired) electrons. The van der Waals surface area contributed by atoms with Crippen LogP contribution in [0, 0.1) is 5.92 Å². The van der Waals surface area contributed by atoms with Crippen molar-refractivity contribution in [2.75, 3.05) is 7.11 Å². The lowest BCUT2D eigenvalue weighted by Gasteiger charge is -2.13. The van der Waals surface area contributed by atoms with E-state index in [2.05, 4.69) is 13.8 Å². The molecule has 2 nitrogen and oxygen atoms in total. The van der Waals surface area contributed by atoms with Crippen LogP contribution in [0.1, 0.15) is 31.9 Å². The number of hydrogen-bond donors (Lipinski definition) is 1. The second-order valence-electron chi connectivity index (χ2n) is 3.92. The lowest BCUT2D eigenvalue weighted by atomic mass is 9.99. The van der Waals surface area contributed by atoms with Crippen LogP contribution in [-0.4, -0.2) is 12.2 Å². The van der Waals surface area contributed by atoms with E-state index in [0.717, 1.165) is 17.7 Å². The van der Waals surface area contributed by atoms with Gasteiger partial charge in [-0.05, 0) is 30.0 Å². The molecule has 1 N–H and O–H groups in total. The molecule has 0 aromatic heterocycles. The monoisotopic (exact) mass is 194 g/mol. The molecule has 0 aliphatic rings. The highest BCUT2D eigenvalue weighted by molar-refractivity contribution is 5.29. The van der Waals surface area contributed by atoms with Gasteiger partial charge in [-0.3, -0.25) is 0 Å². The number of aliphatic hydroxyl groups excluding tert-OH is 1. The van der Waals surface area contributed by atoms with Crippen molar-refractivity contribution in [3.63, 3.8) is 0 Å². The van der Waals surface area contributed by atoms with Gasteiger partial charge < -0.3 is 9.84 Å². The van der Waals surface area contributed by atoms with Crippen LogP contribution in [0.25, 0.3) is 0 Å². The lowest BCUT2D eigenvalue weighted by Crippen LogP contribution is -2.01. The third-order valence-corrected chi connectivity index (χ3v) is 2.17. The van der Waals surface area contributed by atoms with E-state index in [4.69, 9.17) is 4.74 Å². The summed E-state index contributed by atoms with van der Waals surface area (Å²) in [5.41, 5.74) is 0.929. The minimum atomic E-state index is -0.384. The quantitative estimate of drug-likeness (QED) is 0.798. The average Bonchev–Trinajstić information content (AvgIpc) is 2.17. The Morgan fingerprint density at radius 1 is 1.36 bits per heavy atom. The largest absolute Gasteiger partial charge is 0.497 e. The minimum Gasteiger partial charge on any atom is -0.497 e. The summed E-state index contributed by atoms with van der Waals surface area (Å²) in [6, 6.07) is 7.59. The lowest BCUT2D eigenvalue weighted by molar-refractivity contribution is 0.150. The molecule has 0 spiro atoms. The summed E-state index contributed by atoms with van der Waals surface area (Å²) in [5.74, 6) is 1.29. The predicted octanol–water partition coefficient (Wildman–Crippen LogP) is 2.77. The first-order chi connectivity index (χ1) is 6.63. The van der Waals surface area contributed by atoms with Gasteiger partial charge in [-0.15, -0.1) is 0 Å². The summed E-state index contributed by atoms with van der Waals surface area (Å²) in [7, 11) is 1.63. The molecule has 78 valence electrons. The third kappa shape index (κ3) is 3.04. The van der Waals surface area contributed by atoms with E-state index in [0.29, 0.717) is 5.92 Å². The van der Waals surface area contributed by atoms with Gasteiger partial charge in [-0.2, -0.15) is 0 Å². The predicted molar refractivity (Wildman–Crippen MR) is 57.4 cm³/mol. The van der Waals surface area contributed by atoms with Crippen molar-refractivity contribution >= 4 is 0 Å². The van der Waals surface area contributed by atoms with Gasteiger partial charge in [0.25, 0.3) is 0 Å². The topological polar surface area (TPSA) is 29.5 Å². The highest BCUT2D eigenvalue weighted by Crippen LogP contribution is 2.23. The van der Waals surface area contributed by atoms with Crippen molar-refractivity contribution in [3.05, 3.63) is 29.8 Å². The molecule has 1 rings (SSSR count). The zero-order valence-electron chi connectivity index (χ0n) is 9.03. The number of benzene rings is 1. The van der Waals surface area contributed by atoms with E-state index >= 15 is 0 Å². The van der Waals surface area contributed by atoms with Crippen molar-refractivity contribution in [1.82, 2.24) is 0 Å². The van der Waals surface area contributed by atoms with Crippen LogP contribution >= 0.6 is 0 Å². The first-order valence-electron chi connectivity index (χ1n) is 4.95. The van der Waals surface area contributed by atoms with Gasteiger partial charge in [0.2, 0.25) is 0 Å². The number of methoxy groups -OCH3 is 1. The van der Waals surface area contributed by atoms with Crippen LogP contribution in [-0.2, 0) is 0 Å². The zero-order valence-corrected chi connectivity index (χ0v) is 9.03. The molecule has 1 aromatic rings. The maximum absolute atomic E-state index is 9.86. The summed E-state index contributed by atoms with van der Waals surface area (Å²) >= 11 is 0. The van der Waals surface area contributed by atoms with Crippen molar-refractivity contribution < 1.29 is 9.84 Å². The van der Waals surface area contributed by atoms with Crippen molar-refractivity contribution in [2.45, 2.75) is 26.4 Å². The van der Waals surface area contributed by atoms with Gasteiger partial charge in [0.15, 0.2) is 0 Å². The Balaban J connectivity index is 2.73. The van der Waals surface area contributed by atoms with Crippen LogP contribution in [0.15, 0.2) is 24.3 Å². The average molecular weight is 194 g/mol. The number of ether oxygens (including phenoxy) is 1. The maximum atomic E-state index is 9.86. The molecule has 1 atom stereocenters. The number of rotatable bonds is 4. The van der Waals surface area contributed by atoms with Gasteiger partial charge in [0, 0.05) is 0 Å². The summed E-state index contributed by atoms with van der Waals surface area (Å²) in [6.07, 6.45) is 0.401. The molecule has 0 unspecified atom stereocenters. The molecule has 0 heterocycles. The zero-order chi connectivity index (χ0) is 10.6. The highest BCUT2D eigenvalue weighted by Gasteiger charge is 2.09. The first-order valence-corrected chi connectivity index (χ1v) is 4.95. The van der Waals surface area contributed by atoms with Crippen LogP contribution in [0.5, 0.6) is 5.75 Å².